The molecule has 0 aromatic heterocycles. The molecule has 170 valence electrons. The van der Waals surface area contributed by atoms with Gasteiger partial charge in [-0.2, -0.15) is 5.10 Å². The number of carbonyl (C=O) groups is 2. The molecule has 3 N–H and O–H groups in total. The van der Waals surface area contributed by atoms with Crippen LogP contribution in [0.4, 0.5) is 5.69 Å². The van der Waals surface area contributed by atoms with Crippen molar-refractivity contribution in [3.8, 4) is 17.2 Å². The molecule has 0 spiro atoms. The Morgan fingerprint density at radius 1 is 0.909 bits per heavy atom. The zero-order valence-corrected chi connectivity index (χ0v) is 18.6. The van der Waals surface area contributed by atoms with Crippen LogP contribution < -0.4 is 20.2 Å². The molecule has 0 aliphatic carbocycles. The van der Waals surface area contributed by atoms with Crippen LogP contribution >= 0.6 is 0 Å². The van der Waals surface area contributed by atoms with E-state index in [1.165, 1.54) is 25.3 Å². The third-order valence-corrected chi connectivity index (χ3v) is 4.88. The number of carbonyl (C=O) groups excluding carboxylic acids is 2. The molecule has 0 radical (unpaired) electrons. The van der Waals surface area contributed by atoms with Crippen LogP contribution in [0.5, 0.6) is 17.2 Å². The maximum atomic E-state index is 12.3. The molecule has 3 rings (SSSR count). The molecule has 3 aromatic carbocycles. The molecule has 0 bridgehead atoms. The van der Waals surface area contributed by atoms with Crippen LogP contribution in [-0.2, 0) is 11.2 Å². The van der Waals surface area contributed by atoms with E-state index in [-0.39, 0.29) is 23.8 Å². The Hall–Kier alpha value is -4.33. The second kappa shape index (κ2) is 10.8. The summed E-state index contributed by atoms with van der Waals surface area (Å²) in [5, 5.41) is 16.6. The Morgan fingerprint density at radius 3 is 2.21 bits per heavy atom. The highest BCUT2D eigenvalue weighted by molar-refractivity contribution is 6.01. The molecule has 0 saturated heterocycles. The van der Waals surface area contributed by atoms with Crippen molar-refractivity contribution in [2.45, 2.75) is 13.3 Å². The van der Waals surface area contributed by atoms with Gasteiger partial charge in [0.15, 0.2) is 11.5 Å². The van der Waals surface area contributed by atoms with E-state index < -0.39 is 5.91 Å². The van der Waals surface area contributed by atoms with Crippen molar-refractivity contribution in [2.24, 2.45) is 5.10 Å². The molecule has 0 fully saturated rings. The van der Waals surface area contributed by atoms with Crippen molar-refractivity contribution < 1.29 is 24.2 Å². The van der Waals surface area contributed by atoms with Gasteiger partial charge in [-0.05, 0) is 60.5 Å². The van der Waals surface area contributed by atoms with Crippen molar-refractivity contribution in [2.75, 3.05) is 19.5 Å². The third-order valence-electron chi connectivity index (χ3n) is 4.88. The van der Waals surface area contributed by atoms with E-state index in [4.69, 9.17) is 9.47 Å². The Kier molecular flexibility index (Phi) is 7.64. The van der Waals surface area contributed by atoms with Crippen LogP contribution in [-0.4, -0.2) is 36.9 Å². The molecular weight excluding hydrogens is 422 g/mol. The van der Waals surface area contributed by atoms with Crippen LogP contribution in [0.1, 0.15) is 28.4 Å². The van der Waals surface area contributed by atoms with Gasteiger partial charge in [-0.1, -0.05) is 24.3 Å². The van der Waals surface area contributed by atoms with Gasteiger partial charge in [0, 0.05) is 11.3 Å². The number of benzene rings is 3. The number of methoxy groups -OCH3 is 2. The molecule has 0 unspecified atom stereocenters. The summed E-state index contributed by atoms with van der Waals surface area (Å²) in [5.41, 5.74) is 5.70. The Labute approximate surface area is 191 Å². The molecule has 33 heavy (non-hydrogen) atoms. The largest absolute Gasteiger partial charge is 0.504 e. The predicted molar refractivity (Wildman–Crippen MR) is 126 cm³/mol. The second-order valence-electron chi connectivity index (χ2n) is 7.18. The van der Waals surface area contributed by atoms with Crippen LogP contribution in [0.3, 0.4) is 0 Å². The first-order valence-electron chi connectivity index (χ1n) is 10.1. The van der Waals surface area contributed by atoms with E-state index in [1.807, 2.05) is 24.3 Å². The van der Waals surface area contributed by atoms with E-state index in [0.29, 0.717) is 17.0 Å². The summed E-state index contributed by atoms with van der Waals surface area (Å²) in [5.74, 6) is 0.327. The molecule has 8 heteroatoms. The topological polar surface area (TPSA) is 109 Å². The number of nitrogens with zero attached hydrogens (tertiary/aromatic N) is 1. The number of rotatable bonds is 8. The van der Waals surface area contributed by atoms with Gasteiger partial charge >= 0.3 is 0 Å². The first-order valence-corrected chi connectivity index (χ1v) is 10.1. The lowest BCUT2D eigenvalue weighted by molar-refractivity contribution is -0.115. The Bertz CT molecular complexity index is 1160. The molecule has 3 aromatic rings. The number of ether oxygens (including phenoxy) is 2. The van der Waals surface area contributed by atoms with Crippen molar-refractivity contribution >= 4 is 23.2 Å². The summed E-state index contributed by atoms with van der Waals surface area (Å²) >= 11 is 0. The lowest BCUT2D eigenvalue weighted by Gasteiger charge is -2.08. The van der Waals surface area contributed by atoms with Crippen molar-refractivity contribution in [3.05, 3.63) is 83.4 Å². The summed E-state index contributed by atoms with van der Waals surface area (Å²) in [6.45, 7) is 1.76. The fourth-order valence-corrected chi connectivity index (χ4v) is 3.01. The molecule has 0 aliphatic heterocycles. The fraction of sp³-hybridized carbons (Fsp3) is 0.160. The van der Waals surface area contributed by atoms with Crippen LogP contribution in [0, 0.1) is 0 Å². The number of amides is 2. The van der Waals surface area contributed by atoms with Crippen molar-refractivity contribution in [1.82, 2.24) is 5.43 Å². The number of hydrogen-bond donors (Lipinski definition) is 3. The maximum absolute atomic E-state index is 12.3. The average Bonchev–Trinajstić information content (AvgIpc) is 2.83. The zero-order valence-electron chi connectivity index (χ0n) is 18.6. The van der Waals surface area contributed by atoms with E-state index in [9.17, 15) is 14.7 Å². The molecule has 2 amide bonds. The number of hydrogen-bond acceptors (Lipinski definition) is 6. The molecule has 8 nitrogen and oxygen atoms in total. The minimum atomic E-state index is -0.435. The van der Waals surface area contributed by atoms with E-state index in [1.54, 1.807) is 38.3 Å². The summed E-state index contributed by atoms with van der Waals surface area (Å²) in [6, 6.07) is 18.8. The highest BCUT2D eigenvalue weighted by atomic mass is 16.5. The Balaban J connectivity index is 1.57. The monoisotopic (exact) mass is 447 g/mol. The summed E-state index contributed by atoms with van der Waals surface area (Å²) in [4.78, 5) is 24.6. The number of hydrazone groups is 1. The summed E-state index contributed by atoms with van der Waals surface area (Å²) in [7, 11) is 3.00. The standard InChI is InChI=1S/C25H25N3O5/c1-16(27-28-25(31)19-8-13-22(29)23(15-19)33-3)18-6-9-20(10-7-18)26-24(30)14-17-4-11-21(32-2)12-5-17/h4-13,15,29H,14H2,1-3H3,(H,26,30)(H,28,31)/b27-16-. The SMILES string of the molecule is COc1ccc(CC(=O)Nc2ccc(/C(C)=N\NC(=O)c3ccc(O)c(OC)c3)cc2)cc1. The van der Waals surface area contributed by atoms with Gasteiger partial charge in [0.1, 0.15) is 5.75 Å². The number of nitrogens with one attached hydrogen (secondary N) is 2. The molecule has 0 aliphatic rings. The van der Waals surface area contributed by atoms with Gasteiger partial charge in [-0.15, -0.1) is 0 Å². The summed E-state index contributed by atoms with van der Waals surface area (Å²) < 4.78 is 10.1. The quantitative estimate of drug-likeness (QED) is 0.360. The van der Waals surface area contributed by atoms with Gasteiger partial charge in [-0.25, -0.2) is 5.43 Å². The number of phenols is 1. The highest BCUT2D eigenvalue weighted by Gasteiger charge is 2.10. The van der Waals surface area contributed by atoms with E-state index in [0.717, 1.165) is 16.9 Å². The average molecular weight is 447 g/mol. The van der Waals surface area contributed by atoms with Gasteiger partial charge in [0.05, 0.1) is 26.4 Å². The number of phenolic OH excluding ortho intramolecular Hbond substituents is 1. The minimum Gasteiger partial charge on any atom is -0.504 e. The van der Waals surface area contributed by atoms with Crippen LogP contribution in [0.2, 0.25) is 0 Å². The first-order chi connectivity index (χ1) is 15.9. The van der Waals surface area contributed by atoms with Crippen molar-refractivity contribution in [3.63, 3.8) is 0 Å². The first kappa shape index (κ1) is 23.3. The van der Waals surface area contributed by atoms with E-state index >= 15 is 0 Å². The minimum absolute atomic E-state index is 0.0510. The molecule has 0 atom stereocenters. The number of aromatic hydroxyl groups is 1. The van der Waals surface area contributed by atoms with Gasteiger partial charge in [0.2, 0.25) is 5.91 Å². The summed E-state index contributed by atoms with van der Waals surface area (Å²) in [6.07, 6.45) is 0.250. The van der Waals surface area contributed by atoms with E-state index in [2.05, 4.69) is 15.8 Å². The third kappa shape index (κ3) is 6.33. The van der Waals surface area contributed by atoms with Gasteiger partial charge < -0.3 is 19.9 Å². The fourth-order valence-electron chi connectivity index (χ4n) is 3.01. The lowest BCUT2D eigenvalue weighted by atomic mass is 10.1. The van der Waals surface area contributed by atoms with Crippen LogP contribution in [0.15, 0.2) is 71.8 Å². The van der Waals surface area contributed by atoms with Gasteiger partial charge in [0.25, 0.3) is 5.91 Å². The van der Waals surface area contributed by atoms with Gasteiger partial charge in [-0.3, -0.25) is 9.59 Å². The molecule has 0 saturated carbocycles. The Morgan fingerprint density at radius 2 is 1.58 bits per heavy atom. The maximum Gasteiger partial charge on any atom is 0.271 e. The normalized spacial score (nSPS) is 10.9. The second-order valence-corrected chi connectivity index (χ2v) is 7.18. The van der Waals surface area contributed by atoms with Crippen molar-refractivity contribution in [1.29, 1.82) is 0 Å². The van der Waals surface area contributed by atoms with Crippen LogP contribution in [0.25, 0.3) is 0 Å². The lowest BCUT2D eigenvalue weighted by Crippen LogP contribution is -2.19. The predicted octanol–water partition coefficient (Wildman–Crippen LogP) is 3.74. The highest BCUT2D eigenvalue weighted by Crippen LogP contribution is 2.26. The molecule has 0 heterocycles. The molecular formula is C25H25N3O5. The smallest absolute Gasteiger partial charge is 0.271 e. The number of anilines is 1. The zero-order chi connectivity index (χ0) is 23.8.